The molecule has 0 saturated heterocycles. The van der Waals surface area contributed by atoms with E-state index in [0.717, 1.165) is 5.75 Å². The number of nitrogens with two attached hydrogens (primary N) is 4. The van der Waals surface area contributed by atoms with Gasteiger partial charge in [0.05, 0.1) is 6.61 Å². The van der Waals surface area contributed by atoms with Crippen molar-refractivity contribution in [1.29, 1.82) is 0 Å². The summed E-state index contributed by atoms with van der Waals surface area (Å²) in [5.74, 6) is 0.778. The number of aliphatic hydroxyl groups is 1. The predicted octanol–water partition coefficient (Wildman–Crippen LogP) is -1.12. The van der Waals surface area contributed by atoms with Crippen LogP contribution in [-0.4, -0.2) is 42.1 Å². The lowest BCUT2D eigenvalue weighted by atomic mass is 10.4. The van der Waals surface area contributed by atoms with Crippen molar-refractivity contribution in [2.45, 2.75) is 38.9 Å². The summed E-state index contributed by atoms with van der Waals surface area (Å²) in [4.78, 5) is 0. The molecule has 0 saturated carbocycles. The molecule has 0 aromatic carbocycles. The highest BCUT2D eigenvalue weighted by Gasteiger charge is 1.81. The van der Waals surface area contributed by atoms with Crippen molar-refractivity contribution >= 4 is 12.6 Å². The fraction of sp³-hybridized carbons (Fsp3) is 1.00. The van der Waals surface area contributed by atoms with Crippen molar-refractivity contribution in [2.75, 3.05) is 18.9 Å². The molecule has 3 unspecified atom stereocenters. The Labute approximate surface area is 99.0 Å². The maximum Gasteiger partial charge on any atom is 0.0579 e. The Bertz CT molecular complexity index is 83.1. The molecule has 6 heteroatoms. The topological polar surface area (TPSA) is 124 Å². The van der Waals surface area contributed by atoms with E-state index in [0.29, 0.717) is 6.54 Å². The normalized spacial score (nSPS) is 15.0. The third-order valence-corrected chi connectivity index (χ3v) is 1.52. The number of hydrogen-bond donors (Lipinski definition) is 6. The van der Waals surface area contributed by atoms with Crippen molar-refractivity contribution in [2.24, 2.45) is 22.9 Å². The van der Waals surface area contributed by atoms with Crippen molar-refractivity contribution < 1.29 is 5.11 Å². The Hall–Kier alpha value is 0.150. The van der Waals surface area contributed by atoms with Gasteiger partial charge in [0.2, 0.25) is 0 Å². The van der Waals surface area contributed by atoms with Crippen molar-refractivity contribution in [1.82, 2.24) is 0 Å². The highest BCUT2D eigenvalue weighted by molar-refractivity contribution is 7.80. The van der Waals surface area contributed by atoms with Gasteiger partial charge in [-0.25, -0.2) is 0 Å². The predicted molar refractivity (Wildman–Crippen MR) is 70.9 cm³/mol. The number of hydrogen-bond acceptors (Lipinski definition) is 6. The molecule has 0 heterocycles. The molecule has 0 fully saturated rings. The molecule has 0 spiro atoms. The molecule has 0 aromatic rings. The Morgan fingerprint density at radius 2 is 1.20 bits per heavy atom. The average Bonchev–Trinajstić information content (AvgIpc) is 2.19. The standard InChI is InChI=1S/C3H10N2.C3H9NO.C3H9NS/c1-3(5)2-4;2*1-3(4)2-5/h3H,2,4-5H2,1H3;2*3,5H,2,4H2,1H3. The Balaban J connectivity index is -0.000000144. The highest BCUT2D eigenvalue weighted by atomic mass is 32.1. The van der Waals surface area contributed by atoms with Gasteiger partial charge < -0.3 is 28.0 Å². The van der Waals surface area contributed by atoms with Crippen LogP contribution in [-0.2, 0) is 0 Å². The minimum Gasteiger partial charge on any atom is -0.395 e. The van der Waals surface area contributed by atoms with E-state index in [-0.39, 0.29) is 24.7 Å². The van der Waals surface area contributed by atoms with E-state index >= 15 is 0 Å². The van der Waals surface area contributed by atoms with Gasteiger partial charge in [-0.2, -0.15) is 12.6 Å². The number of thiol groups is 1. The first-order chi connectivity index (χ1) is 6.81. The fourth-order valence-electron chi connectivity index (χ4n) is 0. The van der Waals surface area contributed by atoms with Crippen LogP contribution in [0.3, 0.4) is 0 Å². The van der Waals surface area contributed by atoms with Crippen LogP contribution in [0.15, 0.2) is 0 Å². The van der Waals surface area contributed by atoms with Crippen LogP contribution in [0, 0.1) is 0 Å². The lowest BCUT2D eigenvalue weighted by Crippen LogP contribution is -2.25. The summed E-state index contributed by atoms with van der Waals surface area (Å²) < 4.78 is 0. The molecule has 15 heavy (non-hydrogen) atoms. The summed E-state index contributed by atoms with van der Waals surface area (Å²) in [5, 5.41) is 8.02. The molecule has 0 aliphatic carbocycles. The van der Waals surface area contributed by atoms with E-state index in [4.69, 9.17) is 28.0 Å². The van der Waals surface area contributed by atoms with Crippen LogP contribution >= 0.6 is 12.6 Å². The van der Waals surface area contributed by atoms with Gasteiger partial charge in [0.25, 0.3) is 0 Å². The minimum absolute atomic E-state index is 0.0602. The van der Waals surface area contributed by atoms with Crippen LogP contribution in [0.25, 0.3) is 0 Å². The Morgan fingerprint density at radius 1 is 1.00 bits per heavy atom. The van der Waals surface area contributed by atoms with E-state index < -0.39 is 0 Å². The molecule has 9 N–H and O–H groups in total. The molecule has 96 valence electrons. The lowest BCUT2D eigenvalue weighted by molar-refractivity contribution is 0.273. The first-order valence-corrected chi connectivity index (χ1v) is 5.63. The molecule has 0 rings (SSSR count). The van der Waals surface area contributed by atoms with Gasteiger partial charge in [0.1, 0.15) is 0 Å². The summed E-state index contributed by atoms with van der Waals surface area (Å²) in [6.45, 7) is 6.22. The summed E-state index contributed by atoms with van der Waals surface area (Å²) in [6, 6.07) is 0.350. The van der Waals surface area contributed by atoms with E-state index in [1.165, 1.54) is 0 Å². The summed E-state index contributed by atoms with van der Waals surface area (Å²) in [6.07, 6.45) is 0. The maximum absolute atomic E-state index is 8.02. The van der Waals surface area contributed by atoms with Crippen molar-refractivity contribution in [3.8, 4) is 0 Å². The molecule has 0 amide bonds. The summed E-state index contributed by atoms with van der Waals surface area (Å²) in [5.41, 5.74) is 20.5. The molecule has 0 aromatic heterocycles. The second-order valence-electron chi connectivity index (χ2n) is 3.53. The maximum atomic E-state index is 8.02. The van der Waals surface area contributed by atoms with Crippen LogP contribution in [0.2, 0.25) is 0 Å². The molecular weight excluding hydrogens is 212 g/mol. The molecule has 0 bridgehead atoms. The van der Waals surface area contributed by atoms with E-state index in [2.05, 4.69) is 12.6 Å². The van der Waals surface area contributed by atoms with Gasteiger partial charge in [-0.3, -0.25) is 0 Å². The second-order valence-corrected chi connectivity index (χ2v) is 3.90. The van der Waals surface area contributed by atoms with Gasteiger partial charge in [0, 0.05) is 30.4 Å². The molecule has 0 aliphatic heterocycles. The van der Waals surface area contributed by atoms with E-state index in [1.807, 2.05) is 13.8 Å². The summed E-state index contributed by atoms with van der Waals surface area (Å²) >= 11 is 3.89. The Morgan fingerprint density at radius 3 is 1.20 bits per heavy atom. The van der Waals surface area contributed by atoms with Crippen molar-refractivity contribution in [3.05, 3.63) is 0 Å². The molecule has 5 nitrogen and oxygen atoms in total. The lowest BCUT2D eigenvalue weighted by Gasteiger charge is -1.92. The van der Waals surface area contributed by atoms with Crippen LogP contribution in [0.4, 0.5) is 0 Å². The minimum atomic E-state index is -0.0602. The third kappa shape index (κ3) is 55.2. The highest BCUT2D eigenvalue weighted by Crippen LogP contribution is 1.75. The summed E-state index contributed by atoms with van der Waals surface area (Å²) in [7, 11) is 0. The van der Waals surface area contributed by atoms with E-state index in [1.54, 1.807) is 6.92 Å². The average molecular weight is 240 g/mol. The van der Waals surface area contributed by atoms with Gasteiger partial charge in [-0.05, 0) is 20.8 Å². The van der Waals surface area contributed by atoms with Gasteiger partial charge in [-0.1, -0.05) is 0 Å². The molecule has 0 aliphatic rings. The second kappa shape index (κ2) is 16.6. The molecular formula is C9H28N4OS. The van der Waals surface area contributed by atoms with Gasteiger partial charge in [-0.15, -0.1) is 0 Å². The van der Waals surface area contributed by atoms with Crippen LogP contribution in [0.1, 0.15) is 20.8 Å². The zero-order valence-corrected chi connectivity index (χ0v) is 11.0. The smallest absolute Gasteiger partial charge is 0.0579 e. The van der Waals surface area contributed by atoms with Gasteiger partial charge >= 0.3 is 0 Å². The number of rotatable bonds is 3. The van der Waals surface area contributed by atoms with Gasteiger partial charge in [0.15, 0.2) is 0 Å². The quantitative estimate of drug-likeness (QED) is 0.349. The van der Waals surface area contributed by atoms with Crippen LogP contribution in [0.5, 0.6) is 0 Å². The number of aliphatic hydroxyl groups excluding tert-OH is 1. The SMILES string of the molecule is CC(N)CN.CC(N)CO.CC(N)CS. The fourth-order valence-corrected chi connectivity index (χ4v) is 0. The van der Waals surface area contributed by atoms with E-state index in [9.17, 15) is 0 Å². The Kier molecular flexibility index (Phi) is 22.7. The molecule has 0 radical (unpaired) electrons. The monoisotopic (exact) mass is 240 g/mol. The first kappa shape index (κ1) is 20.5. The molecule has 3 atom stereocenters. The van der Waals surface area contributed by atoms with Crippen LogP contribution < -0.4 is 22.9 Å². The first-order valence-electron chi connectivity index (χ1n) is 5.00. The third-order valence-electron chi connectivity index (χ3n) is 0.948. The van der Waals surface area contributed by atoms with Crippen molar-refractivity contribution in [3.63, 3.8) is 0 Å². The zero-order chi connectivity index (χ0) is 12.9. The largest absolute Gasteiger partial charge is 0.395 e. The zero-order valence-electron chi connectivity index (χ0n) is 10.1.